The summed E-state index contributed by atoms with van der Waals surface area (Å²) in [6, 6.07) is 5.55. The standard InChI is InChI=1S/C13H16BrNO2S3/c1-9(2)15(8-11-5-4-6-18-11)20(16,17)12-7-10(3)13(14)19-12/h4-7,9H,8H2,1-3H3. The van der Waals surface area contributed by atoms with Crippen LogP contribution in [0.1, 0.15) is 24.3 Å². The highest BCUT2D eigenvalue weighted by Gasteiger charge is 2.29. The summed E-state index contributed by atoms with van der Waals surface area (Å²) < 4.78 is 28.4. The average molecular weight is 394 g/mol. The van der Waals surface area contributed by atoms with E-state index in [1.54, 1.807) is 21.7 Å². The molecule has 3 nitrogen and oxygen atoms in total. The minimum absolute atomic E-state index is 0.0803. The van der Waals surface area contributed by atoms with E-state index in [2.05, 4.69) is 15.9 Å². The fourth-order valence-electron chi connectivity index (χ4n) is 1.78. The Hall–Kier alpha value is -0.210. The molecule has 0 saturated heterocycles. The molecule has 0 unspecified atom stereocenters. The minimum Gasteiger partial charge on any atom is -0.206 e. The predicted octanol–water partition coefficient (Wildman–Crippen LogP) is 4.48. The Balaban J connectivity index is 2.37. The number of aryl methyl sites for hydroxylation is 1. The SMILES string of the molecule is Cc1cc(S(=O)(=O)N(Cc2cccs2)C(C)C)sc1Br. The molecule has 2 rings (SSSR count). The first-order valence-corrected chi connectivity index (χ1v) is 10.1. The van der Waals surface area contributed by atoms with Gasteiger partial charge in [-0.1, -0.05) is 6.07 Å². The van der Waals surface area contributed by atoms with E-state index < -0.39 is 10.0 Å². The Morgan fingerprint density at radius 2 is 2.10 bits per heavy atom. The molecule has 0 bridgehead atoms. The van der Waals surface area contributed by atoms with Crippen molar-refractivity contribution >= 4 is 48.6 Å². The zero-order valence-corrected chi connectivity index (χ0v) is 15.5. The van der Waals surface area contributed by atoms with Crippen molar-refractivity contribution in [2.24, 2.45) is 0 Å². The van der Waals surface area contributed by atoms with Crippen molar-refractivity contribution < 1.29 is 8.42 Å². The lowest BCUT2D eigenvalue weighted by molar-refractivity contribution is 0.351. The highest BCUT2D eigenvalue weighted by atomic mass is 79.9. The summed E-state index contributed by atoms with van der Waals surface area (Å²) in [6.07, 6.45) is 0. The van der Waals surface area contributed by atoms with Gasteiger partial charge in [0.25, 0.3) is 10.0 Å². The molecule has 0 radical (unpaired) electrons. The molecule has 110 valence electrons. The van der Waals surface area contributed by atoms with Gasteiger partial charge in [-0.2, -0.15) is 4.31 Å². The van der Waals surface area contributed by atoms with Crippen molar-refractivity contribution in [1.29, 1.82) is 0 Å². The molecule has 0 amide bonds. The second kappa shape index (κ2) is 6.27. The number of hydrogen-bond acceptors (Lipinski definition) is 4. The maximum Gasteiger partial charge on any atom is 0.253 e. The third kappa shape index (κ3) is 3.33. The first-order chi connectivity index (χ1) is 9.32. The third-order valence-corrected chi connectivity index (χ3v) is 8.33. The van der Waals surface area contributed by atoms with Gasteiger partial charge in [0.05, 0.1) is 3.79 Å². The van der Waals surface area contributed by atoms with Gasteiger partial charge in [-0.25, -0.2) is 8.42 Å². The van der Waals surface area contributed by atoms with Crippen molar-refractivity contribution in [1.82, 2.24) is 4.31 Å². The van der Waals surface area contributed by atoms with Crippen molar-refractivity contribution in [3.63, 3.8) is 0 Å². The molecule has 2 aromatic heterocycles. The fraction of sp³-hybridized carbons (Fsp3) is 0.385. The van der Waals surface area contributed by atoms with E-state index in [4.69, 9.17) is 0 Å². The summed E-state index contributed by atoms with van der Waals surface area (Å²) in [5.74, 6) is 0. The summed E-state index contributed by atoms with van der Waals surface area (Å²) in [7, 11) is -3.45. The lowest BCUT2D eigenvalue weighted by atomic mass is 10.4. The van der Waals surface area contributed by atoms with Crippen molar-refractivity contribution in [3.8, 4) is 0 Å². The summed E-state index contributed by atoms with van der Waals surface area (Å²) in [5, 5.41) is 1.96. The zero-order valence-electron chi connectivity index (χ0n) is 11.5. The monoisotopic (exact) mass is 393 g/mol. The molecule has 0 saturated carbocycles. The largest absolute Gasteiger partial charge is 0.253 e. The normalized spacial score (nSPS) is 12.5. The topological polar surface area (TPSA) is 37.4 Å². The van der Waals surface area contributed by atoms with Crippen LogP contribution in [0.25, 0.3) is 0 Å². The lowest BCUT2D eigenvalue weighted by Crippen LogP contribution is -2.35. The number of nitrogens with zero attached hydrogens (tertiary/aromatic N) is 1. The summed E-state index contributed by atoms with van der Waals surface area (Å²) in [4.78, 5) is 1.05. The van der Waals surface area contributed by atoms with Gasteiger partial charge in [0.15, 0.2) is 0 Å². The fourth-order valence-corrected chi connectivity index (χ4v) is 6.53. The van der Waals surface area contributed by atoms with E-state index in [-0.39, 0.29) is 6.04 Å². The first-order valence-electron chi connectivity index (χ1n) is 6.12. The van der Waals surface area contributed by atoms with Gasteiger partial charge in [0, 0.05) is 17.5 Å². The van der Waals surface area contributed by atoms with Crippen molar-refractivity contribution in [3.05, 3.63) is 37.8 Å². The molecule has 0 atom stereocenters. The van der Waals surface area contributed by atoms with Crippen LogP contribution in [0.2, 0.25) is 0 Å². The van der Waals surface area contributed by atoms with Crippen LogP contribution < -0.4 is 0 Å². The number of thiophene rings is 2. The Kier molecular flexibility index (Phi) is 5.07. The summed E-state index contributed by atoms with van der Waals surface area (Å²) >= 11 is 6.24. The molecule has 2 heterocycles. The highest BCUT2D eigenvalue weighted by molar-refractivity contribution is 9.11. The van der Waals surface area contributed by atoms with Gasteiger partial charge in [0.1, 0.15) is 4.21 Å². The minimum atomic E-state index is -3.45. The second-order valence-corrected chi connectivity index (χ2v) is 10.3. The number of sulfonamides is 1. The van der Waals surface area contributed by atoms with Crippen LogP contribution in [-0.4, -0.2) is 18.8 Å². The van der Waals surface area contributed by atoms with E-state index in [1.807, 2.05) is 38.3 Å². The second-order valence-electron chi connectivity index (χ2n) is 4.75. The third-order valence-electron chi connectivity index (χ3n) is 2.87. The van der Waals surface area contributed by atoms with Gasteiger partial charge in [-0.3, -0.25) is 0 Å². The maximum atomic E-state index is 12.8. The van der Waals surface area contributed by atoms with Crippen LogP contribution in [0.5, 0.6) is 0 Å². The Morgan fingerprint density at radius 1 is 1.40 bits per heavy atom. The van der Waals surface area contributed by atoms with Gasteiger partial charge in [0.2, 0.25) is 0 Å². The molecular formula is C13H16BrNO2S3. The maximum absolute atomic E-state index is 12.8. The van der Waals surface area contributed by atoms with Gasteiger partial charge in [-0.05, 0) is 59.8 Å². The number of halogens is 1. The quantitative estimate of drug-likeness (QED) is 0.750. The average Bonchev–Trinajstić information content (AvgIpc) is 2.97. The van der Waals surface area contributed by atoms with E-state index >= 15 is 0 Å². The molecule has 0 aliphatic carbocycles. The van der Waals surface area contributed by atoms with E-state index in [0.29, 0.717) is 10.8 Å². The van der Waals surface area contributed by atoms with E-state index in [1.165, 1.54) is 11.3 Å². The molecule has 0 N–H and O–H groups in total. The smallest absolute Gasteiger partial charge is 0.206 e. The molecule has 7 heteroatoms. The molecule has 0 aliphatic rings. The van der Waals surface area contributed by atoms with Crippen LogP contribution in [0.3, 0.4) is 0 Å². The molecular weight excluding hydrogens is 378 g/mol. The van der Waals surface area contributed by atoms with Gasteiger partial charge in [-0.15, -0.1) is 22.7 Å². The molecule has 0 aliphatic heterocycles. The van der Waals surface area contributed by atoms with Crippen molar-refractivity contribution in [2.75, 3.05) is 0 Å². The Morgan fingerprint density at radius 3 is 2.55 bits per heavy atom. The molecule has 0 fully saturated rings. The number of hydrogen-bond donors (Lipinski definition) is 0. The first kappa shape index (κ1) is 16.2. The summed E-state index contributed by atoms with van der Waals surface area (Å²) in [5.41, 5.74) is 0.952. The Bertz CT molecular complexity index is 655. The van der Waals surface area contributed by atoms with Gasteiger partial charge < -0.3 is 0 Å². The highest BCUT2D eigenvalue weighted by Crippen LogP contribution is 2.33. The zero-order chi connectivity index (χ0) is 14.9. The Labute approximate surface area is 136 Å². The lowest BCUT2D eigenvalue weighted by Gasteiger charge is -2.24. The predicted molar refractivity (Wildman–Crippen MR) is 88.9 cm³/mol. The molecule has 0 aromatic carbocycles. The summed E-state index contributed by atoms with van der Waals surface area (Å²) in [6.45, 7) is 6.13. The molecule has 0 spiro atoms. The van der Waals surface area contributed by atoms with Crippen LogP contribution >= 0.6 is 38.6 Å². The van der Waals surface area contributed by atoms with Gasteiger partial charge >= 0.3 is 0 Å². The van der Waals surface area contributed by atoms with E-state index in [0.717, 1.165) is 14.2 Å². The van der Waals surface area contributed by atoms with Crippen LogP contribution in [0.15, 0.2) is 31.6 Å². The van der Waals surface area contributed by atoms with Crippen LogP contribution in [0.4, 0.5) is 0 Å². The van der Waals surface area contributed by atoms with Crippen LogP contribution in [0, 0.1) is 6.92 Å². The van der Waals surface area contributed by atoms with Crippen LogP contribution in [-0.2, 0) is 16.6 Å². The molecule has 2 aromatic rings. The molecule has 20 heavy (non-hydrogen) atoms. The van der Waals surface area contributed by atoms with E-state index in [9.17, 15) is 8.42 Å². The number of rotatable bonds is 5. The van der Waals surface area contributed by atoms with Crippen molar-refractivity contribution in [2.45, 2.75) is 37.6 Å².